The molecule has 0 bridgehead atoms. The first-order chi connectivity index (χ1) is 8.40. The van der Waals surface area contributed by atoms with Gasteiger partial charge in [-0.05, 0) is 28.4 Å². The van der Waals surface area contributed by atoms with Gasteiger partial charge in [0.05, 0.1) is 10.5 Å². The summed E-state index contributed by atoms with van der Waals surface area (Å²) in [6.07, 6.45) is 1.35. The lowest BCUT2D eigenvalue weighted by Crippen LogP contribution is -2.34. The van der Waals surface area contributed by atoms with Crippen LogP contribution in [0.4, 0.5) is 5.82 Å². The predicted octanol–water partition coefficient (Wildman–Crippen LogP) is 1.23. The molecule has 0 radical (unpaired) electrons. The van der Waals surface area contributed by atoms with E-state index >= 15 is 0 Å². The first-order valence-electron chi connectivity index (χ1n) is 4.79. The van der Waals surface area contributed by atoms with Crippen molar-refractivity contribution in [2.75, 3.05) is 11.6 Å². The quantitative estimate of drug-likeness (QED) is 0.774. The highest BCUT2D eigenvalue weighted by Gasteiger charge is 2.20. The zero-order valence-electron chi connectivity index (χ0n) is 9.10. The molecule has 0 saturated heterocycles. The van der Waals surface area contributed by atoms with Gasteiger partial charge in [-0.3, -0.25) is 0 Å². The summed E-state index contributed by atoms with van der Waals surface area (Å²) < 4.78 is 26.5. The largest absolute Gasteiger partial charge is 0.383 e. The van der Waals surface area contributed by atoms with Gasteiger partial charge in [-0.15, -0.1) is 11.6 Å². The minimum absolute atomic E-state index is 0.0709. The Hall–Kier alpha value is -0.880. The maximum atomic E-state index is 11.9. The van der Waals surface area contributed by atoms with Crippen LogP contribution >= 0.6 is 27.5 Å². The molecule has 1 rings (SSSR count). The van der Waals surface area contributed by atoms with E-state index in [0.29, 0.717) is 4.47 Å². The first-order valence-corrected chi connectivity index (χ1v) is 7.60. The van der Waals surface area contributed by atoms with Crippen molar-refractivity contribution >= 4 is 43.4 Å². The number of nitriles is 1. The molecule has 1 atom stereocenters. The zero-order chi connectivity index (χ0) is 13.8. The van der Waals surface area contributed by atoms with E-state index in [1.807, 2.05) is 6.07 Å². The van der Waals surface area contributed by atoms with E-state index in [1.165, 1.54) is 6.07 Å². The molecular formula is C9H10BrClN4O2S. The van der Waals surface area contributed by atoms with Crippen molar-refractivity contribution in [2.24, 2.45) is 0 Å². The Balaban J connectivity index is 2.99. The lowest BCUT2D eigenvalue weighted by atomic mass is 10.3. The lowest BCUT2D eigenvalue weighted by Gasteiger charge is -2.11. The third kappa shape index (κ3) is 3.81. The fourth-order valence-corrected chi connectivity index (χ4v) is 2.96. The number of nitrogens with one attached hydrogen (secondary N) is 1. The van der Waals surface area contributed by atoms with Gasteiger partial charge in [-0.1, -0.05) is 0 Å². The lowest BCUT2D eigenvalue weighted by molar-refractivity contribution is 0.569. The molecule has 1 heterocycles. The maximum Gasteiger partial charge on any atom is 0.243 e. The molecule has 0 spiro atoms. The first kappa shape index (κ1) is 15.2. The molecule has 0 aliphatic rings. The van der Waals surface area contributed by atoms with Crippen LogP contribution in [-0.2, 0) is 10.0 Å². The van der Waals surface area contributed by atoms with Crippen LogP contribution in [0, 0.1) is 11.3 Å². The number of nitrogens with zero attached hydrogens (tertiary/aromatic N) is 2. The molecule has 3 N–H and O–H groups in total. The highest BCUT2D eigenvalue weighted by Crippen LogP contribution is 2.20. The molecule has 6 nitrogen and oxygen atoms in total. The minimum atomic E-state index is -3.81. The Morgan fingerprint density at radius 3 is 2.83 bits per heavy atom. The molecule has 0 amide bonds. The van der Waals surface area contributed by atoms with Crippen LogP contribution in [0.3, 0.4) is 0 Å². The highest BCUT2D eigenvalue weighted by atomic mass is 79.9. The number of rotatable bonds is 5. The number of anilines is 1. The number of alkyl halides is 1. The van der Waals surface area contributed by atoms with Crippen molar-refractivity contribution in [2.45, 2.75) is 17.4 Å². The monoisotopic (exact) mass is 352 g/mol. The summed E-state index contributed by atoms with van der Waals surface area (Å²) in [7, 11) is -3.81. The second-order valence-electron chi connectivity index (χ2n) is 3.32. The number of nitrogen functional groups attached to an aromatic ring is 1. The van der Waals surface area contributed by atoms with Crippen molar-refractivity contribution in [3.05, 3.63) is 16.7 Å². The zero-order valence-corrected chi connectivity index (χ0v) is 12.3. The van der Waals surface area contributed by atoms with Gasteiger partial charge in [0.25, 0.3) is 0 Å². The third-order valence-corrected chi connectivity index (χ3v) is 4.30. The molecular weight excluding hydrogens is 344 g/mol. The van der Waals surface area contributed by atoms with Gasteiger partial charge < -0.3 is 5.73 Å². The SMILES string of the molecule is N#CC(CCCl)NS(=O)(=O)c1cnc(N)c(Br)c1. The number of nitrogens with two attached hydrogens (primary N) is 1. The van der Waals surface area contributed by atoms with E-state index in [1.54, 1.807) is 0 Å². The molecule has 0 aliphatic heterocycles. The van der Waals surface area contributed by atoms with Gasteiger partial charge in [0.2, 0.25) is 10.0 Å². The number of pyridine rings is 1. The number of hydrogen-bond acceptors (Lipinski definition) is 5. The molecule has 0 aromatic carbocycles. The van der Waals surface area contributed by atoms with Crippen LogP contribution in [0.25, 0.3) is 0 Å². The van der Waals surface area contributed by atoms with Crippen molar-refractivity contribution in [1.82, 2.24) is 9.71 Å². The second-order valence-corrected chi connectivity index (χ2v) is 6.26. The van der Waals surface area contributed by atoms with Gasteiger partial charge in [0.15, 0.2) is 0 Å². The molecule has 0 aliphatic carbocycles. The van der Waals surface area contributed by atoms with Gasteiger partial charge in [0.1, 0.15) is 16.8 Å². The van der Waals surface area contributed by atoms with Crippen LogP contribution in [0.15, 0.2) is 21.6 Å². The van der Waals surface area contributed by atoms with Gasteiger partial charge >= 0.3 is 0 Å². The Morgan fingerprint density at radius 2 is 2.33 bits per heavy atom. The second kappa shape index (κ2) is 6.33. The summed E-state index contributed by atoms with van der Waals surface area (Å²) in [5.74, 6) is 0.372. The molecule has 9 heteroatoms. The number of halogens is 2. The molecule has 0 fully saturated rings. The van der Waals surface area contributed by atoms with Crippen molar-refractivity contribution in [3.8, 4) is 6.07 Å². The summed E-state index contributed by atoms with van der Waals surface area (Å²) in [4.78, 5) is 3.66. The molecule has 98 valence electrons. The Bertz CT molecular complexity index is 572. The van der Waals surface area contributed by atoms with E-state index in [-0.39, 0.29) is 23.0 Å². The van der Waals surface area contributed by atoms with Crippen molar-refractivity contribution in [1.29, 1.82) is 5.26 Å². The maximum absolute atomic E-state index is 11.9. The highest BCUT2D eigenvalue weighted by molar-refractivity contribution is 9.10. The van der Waals surface area contributed by atoms with Crippen LogP contribution in [0.2, 0.25) is 0 Å². The fourth-order valence-electron chi connectivity index (χ4n) is 1.09. The van der Waals surface area contributed by atoms with E-state index in [9.17, 15) is 8.42 Å². The van der Waals surface area contributed by atoms with Gasteiger partial charge in [-0.2, -0.15) is 9.98 Å². The smallest absolute Gasteiger partial charge is 0.243 e. The van der Waals surface area contributed by atoms with E-state index < -0.39 is 16.1 Å². The molecule has 1 unspecified atom stereocenters. The molecule has 1 aromatic heterocycles. The standard InChI is InChI=1S/C9H10BrClN4O2S/c10-8-3-7(5-14-9(8)13)18(16,17)15-6(4-12)1-2-11/h3,5-6,15H,1-2H2,(H2,13,14). The normalized spacial score (nSPS) is 12.9. The molecule has 18 heavy (non-hydrogen) atoms. The number of sulfonamides is 1. The summed E-state index contributed by atoms with van der Waals surface area (Å²) in [5, 5.41) is 8.79. The molecule has 0 saturated carbocycles. The van der Waals surface area contributed by atoms with E-state index in [4.69, 9.17) is 22.6 Å². The van der Waals surface area contributed by atoms with Crippen LogP contribution in [0.5, 0.6) is 0 Å². The third-order valence-electron chi connectivity index (χ3n) is 2.01. The average Bonchev–Trinajstić information content (AvgIpc) is 2.31. The summed E-state index contributed by atoms with van der Waals surface area (Å²) in [6.45, 7) is 0. The Morgan fingerprint density at radius 1 is 1.67 bits per heavy atom. The molecule has 1 aromatic rings. The van der Waals surface area contributed by atoms with Crippen LogP contribution < -0.4 is 10.5 Å². The summed E-state index contributed by atoms with van der Waals surface area (Å²) >= 11 is 8.56. The Labute approximate surface area is 118 Å². The van der Waals surface area contributed by atoms with Crippen LogP contribution in [-0.4, -0.2) is 25.3 Å². The Kier molecular flexibility index (Phi) is 5.34. The van der Waals surface area contributed by atoms with Crippen molar-refractivity contribution in [3.63, 3.8) is 0 Å². The fraction of sp³-hybridized carbons (Fsp3) is 0.333. The van der Waals surface area contributed by atoms with Crippen LogP contribution in [0.1, 0.15) is 6.42 Å². The minimum Gasteiger partial charge on any atom is -0.383 e. The van der Waals surface area contributed by atoms with E-state index in [0.717, 1.165) is 6.20 Å². The number of aromatic nitrogens is 1. The summed E-state index contributed by atoms with van der Waals surface area (Å²) in [5.41, 5.74) is 5.46. The van der Waals surface area contributed by atoms with Gasteiger partial charge in [-0.25, -0.2) is 13.4 Å². The summed E-state index contributed by atoms with van der Waals surface area (Å²) in [6, 6.07) is 2.27. The topological polar surface area (TPSA) is 109 Å². The average molecular weight is 354 g/mol. The van der Waals surface area contributed by atoms with Gasteiger partial charge in [0, 0.05) is 12.1 Å². The van der Waals surface area contributed by atoms with Crippen molar-refractivity contribution < 1.29 is 8.42 Å². The number of hydrogen-bond donors (Lipinski definition) is 2. The van der Waals surface area contributed by atoms with E-state index in [2.05, 4.69) is 25.6 Å². The predicted molar refractivity (Wildman–Crippen MR) is 71.4 cm³/mol.